The molecule has 0 amide bonds. The highest BCUT2D eigenvalue weighted by Crippen LogP contribution is 2.21. The van der Waals surface area contributed by atoms with Crippen molar-refractivity contribution in [2.45, 2.75) is 18.4 Å². The first-order chi connectivity index (χ1) is 7.06. The maximum atomic E-state index is 10.2. The second-order valence-corrected chi connectivity index (χ2v) is 4.46. The molecule has 0 aromatic rings. The van der Waals surface area contributed by atoms with Crippen molar-refractivity contribution >= 4 is 0 Å². The molecular formula is C11H22N2O2. The molecule has 1 rings (SSSR count). The van der Waals surface area contributed by atoms with Crippen LogP contribution < -0.4 is 5.73 Å². The van der Waals surface area contributed by atoms with Crippen LogP contribution in [0.5, 0.6) is 0 Å². The highest BCUT2D eigenvalue weighted by molar-refractivity contribution is 4.99. The zero-order valence-electron chi connectivity index (χ0n) is 9.54. The van der Waals surface area contributed by atoms with E-state index in [0.29, 0.717) is 39.1 Å². The number of likely N-dealkylation sites (N-methyl/N-ethyl adjacent to an activating group) is 1. The number of nitrogens with zero attached hydrogens (tertiary/aromatic N) is 1. The highest BCUT2D eigenvalue weighted by atomic mass is 16.5. The zero-order valence-corrected chi connectivity index (χ0v) is 9.54. The van der Waals surface area contributed by atoms with Crippen molar-refractivity contribution in [2.24, 2.45) is 5.73 Å². The molecule has 0 bridgehead atoms. The molecule has 1 heterocycles. The largest absolute Gasteiger partial charge is 0.388 e. The summed E-state index contributed by atoms with van der Waals surface area (Å²) >= 11 is 0. The van der Waals surface area contributed by atoms with E-state index >= 15 is 0 Å². The fourth-order valence-electron chi connectivity index (χ4n) is 1.91. The van der Waals surface area contributed by atoms with E-state index in [2.05, 4.69) is 11.5 Å². The number of ether oxygens (including phenoxy) is 1. The van der Waals surface area contributed by atoms with E-state index < -0.39 is 5.60 Å². The van der Waals surface area contributed by atoms with Gasteiger partial charge in [-0.1, -0.05) is 6.58 Å². The molecule has 0 aliphatic carbocycles. The lowest BCUT2D eigenvalue weighted by molar-refractivity contribution is -0.0759. The van der Waals surface area contributed by atoms with E-state index in [9.17, 15) is 5.11 Å². The van der Waals surface area contributed by atoms with Gasteiger partial charge in [-0.2, -0.15) is 0 Å². The monoisotopic (exact) mass is 214 g/mol. The SMILES string of the molecule is C=C(CN)CN(C)CC1(O)CCOCC1. The van der Waals surface area contributed by atoms with Gasteiger partial charge in [-0.25, -0.2) is 0 Å². The molecule has 15 heavy (non-hydrogen) atoms. The molecule has 1 aliphatic heterocycles. The first-order valence-electron chi connectivity index (χ1n) is 5.41. The number of nitrogens with two attached hydrogens (primary N) is 1. The van der Waals surface area contributed by atoms with Gasteiger partial charge < -0.3 is 15.6 Å². The van der Waals surface area contributed by atoms with E-state index in [4.69, 9.17) is 10.5 Å². The molecule has 0 atom stereocenters. The van der Waals surface area contributed by atoms with Gasteiger partial charge >= 0.3 is 0 Å². The smallest absolute Gasteiger partial charge is 0.0817 e. The van der Waals surface area contributed by atoms with Crippen molar-refractivity contribution < 1.29 is 9.84 Å². The van der Waals surface area contributed by atoms with Crippen LogP contribution in [0.15, 0.2) is 12.2 Å². The number of aliphatic hydroxyl groups is 1. The highest BCUT2D eigenvalue weighted by Gasteiger charge is 2.30. The molecule has 4 nitrogen and oxygen atoms in total. The van der Waals surface area contributed by atoms with E-state index in [1.165, 1.54) is 0 Å². The minimum atomic E-state index is -0.595. The van der Waals surface area contributed by atoms with E-state index in [1.807, 2.05) is 7.05 Å². The topological polar surface area (TPSA) is 58.7 Å². The lowest BCUT2D eigenvalue weighted by Gasteiger charge is -2.35. The summed E-state index contributed by atoms with van der Waals surface area (Å²) < 4.78 is 5.23. The third-order valence-corrected chi connectivity index (χ3v) is 2.77. The molecule has 88 valence electrons. The summed E-state index contributed by atoms with van der Waals surface area (Å²) in [5.74, 6) is 0. The predicted octanol–water partition coefficient (Wildman–Crippen LogP) is -0.0254. The van der Waals surface area contributed by atoms with E-state index in [0.717, 1.165) is 12.1 Å². The van der Waals surface area contributed by atoms with Crippen LogP contribution in [0.3, 0.4) is 0 Å². The van der Waals surface area contributed by atoms with Crippen LogP contribution in [-0.2, 0) is 4.74 Å². The van der Waals surface area contributed by atoms with E-state index in [-0.39, 0.29) is 0 Å². The summed E-state index contributed by atoms with van der Waals surface area (Å²) in [6.07, 6.45) is 1.43. The van der Waals surface area contributed by atoms with Crippen molar-refractivity contribution in [3.8, 4) is 0 Å². The van der Waals surface area contributed by atoms with Gasteiger partial charge in [0.15, 0.2) is 0 Å². The molecule has 0 unspecified atom stereocenters. The summed E-state index contributed by atoms with van der Waals surface area (Å²) in [6.45, 7) is 7.08. The molecule has 1 saturated heterocycles. The Balaban J connectivity index is 2.35. The molecule has 0 saturated carbocycles. The quantitative estimate of drug-likeness (QED) is 0.631. The fourth-order valence-corrected chi connectivity index (χ4v) is 1.91. The average Bonchev–Trinajstić information content (AvgIpc) is 2.17. The Morgan fingerprint density at radius 1 is 1.53 bits per heavy atom. The first kappa shape index (κ1) is 12.6. The molecule has 1 fully saturated rings. The lowest BCUT2D eigenvalue weighted by Crippen LogP contribution is -2.46. The second-order valence-electron chi connectivity index (χ2n) is 4.46. The van der Waals surface area contributed by atoms with E-state index in [1.54, 1.807) is 0 Å². The van der Waals surface area contributed by atoms with Crippen LogP contribution in [0.25, 0.3) is 0 Å². The van der Waals surface area contributed by atoms with Crippen molar-refractivity contribution in [3.63, 3.8) is 0 Å². The van der Waals surface area contributed by atoms with Gasteiger partial charge in [-0.3, -0.25) is 4.90 Å². The molecule has 3 N–H and O–H groups in total. The summed E-state index contributed by atoms with van der Waals surface area (Å²) in [5.41, 5.74) is 5.88. The van der Waals surface area contributed by atoms with Gasteiger partial charge in [0.05, 0.1) is 5.60 Å². The minimum absolute atomic E-state index is 0.506. The first-order valence-corrected chi connectivity index (χ1v) is 5.41. The van der Waals surface area contributed by atoms with Gasteiger partial charge in [0.2, 0.25) is 0 Å². The fraction of sp³-hybridized carbons (Fsp3) is 0.818. The van der Waals surface area contributed by atoms with Crippen LogP contribution in [0.1, 0.15) is 12.8 Å². The van der Waals surface area contributed by atoms with Crippen molar-refractivity contribution in [1.29, 1.82) is 0 Å². The number of hydrogen-bond donors (Lipinski definition) is 2. The minimum Gasteiger partial charge on any atom is -0.388 e. The molecule has 0 aromatic carbocycles. The third kappa shape index (κ3) is 4.30. The predicted molar refractivity (Wildman–Crippen MR) is 60.7 cm³/mol. The van der Waals surface area contributed by atoms with Gasteiger partial charge in [0.1, 0.15) is 0 Å². The average molecular weight is 214 g/mol. The number of rotatable bonds is 5. The van der Waals surface area contributed by atoms with Gasteiger partial charge in [0, 0.05) is 45.7 Å². The maximum Gasteiger partial charge on any atom is 0.0817 e. The van der Waals surface area contributed by atoms with Crippen LogP contribution in [0.4, 0.5) is 0 Å². The molecule has 4 heteroatoms. The normalized spacial score (nSPS) is 20.5. The Hall–Kier alpha value is -0.420. The third-order valence-electron chi connectivity index (χ3n) is 2.77. The molecular weight excluding hydrogens is 192 g/mol. The Morgan fingerprint density at radius 2 is 2.13 bits per heavy atom. The summed E-state index contributed by atoms with van der Waals surface area (Å²) in [5, 5.41) is 10.2. The number of hydrogen-bond acceptors (Lipinski definition) is 4. The molecule has 1 aliphatic rings. The molecule has 0 spiro atoms. The molecule has 0 radical (unpaired) electrons. The lowest BCUT2D eigenvalue weighted by atomic mass is 9.94. The Bertz CT molecular complexity index is 213. The maximum absolute atomic E-state index is 10.2. The van der Waals surface area contributed by atoms with Crippen LogP contribution in [0.2, 0.25) is 0 Å². The van der Waals surface area contributed by atoms with Crippen molar-refractivity contribution in [1.82, 2.24) is 4.90 Å². The Labute approximate surface area is 91.7 Å². The van der Waals surface area contributed by atoms with Gasteiger partial charge in [-0.05, 0) is 12.6 Å². The van der Waals surface area contributed by atoms with Gasteiger partial charge in [0.25, 0.3) is 0 Å². The standard InChI is InChI=1S/C11H22N2O2/c1-10(7-12)8-13(2)9-11(14)3-5-15-6-4-11/h14H,1,3-9,12H2,2H3. The van der Waals surface area contributed by atoms with Crippen molar-refractivity contribution in [3.05, 3.63) is 12.2 Å². The van der Waals surface area contributed by atoms with Crippen LogP contribution in [0, 0.1) is 0 Å². The van der Waals surface area contributed by atoms with Crippen molar-refractivity contribution in [2.75, 3.05) is 39.9 Å². The van der Waals surface area contributed by atoms with Crippen LogP contribution >= 0.6 is 0 Å². The van der Waals surface area contributed by atoms with Gasteiger partial charge in [-0.15, -0.1) is 0 Å². The second kappa shape index (κ2) is 5.61. The Morgan fingerprint density at radius 3 is 2.67 bits per heavy atom. The zero-order chi connectivity index (χ0) is 11.3. The Kier molecular flexibility index (Phi) is 4.73. The molecule has 0 aromatic heterocycles. The summed E-state index contributed by atoms with van der Waals surface area (Å²) in [6, 6.07) is 0. The summed E-state index contributed by atoms with van der Waals surface area (Å²) in [7, 11) is 1.98. The van der Waals surface area contributed by atoms with Crippen LogP contribution in [-0.4, -0.2) is 55.5 Å². The summed E-state index contributed by atoms with van der Waals surface area (Å²) in [4.78, 5) is 2.07.